The van der Waals surface area contributed by atoms with E-state index in [0.29, 0.717) is 18.8 Å². The number of nitrogens with two attached hydrogens (primary N) is 1. The first-order valence-electron chi connectivity index (χ1n) is 9.24. The zero-order chi connectivity index (χ0) is 20.5. The van der Waals surface area contributed by atoms with Crippen LogP contribution >= 0.6 is 0 Å². The second-order valence-electron chi connectivity index (χ2n) is 7.16. The Morgan fingerprint density at radius 2 is 1.97 bits per heavy atom. The minimum atomic E-state index is -0.552. The summed E-state index contributed by atoms with van der Waals surface area (Å²) in [5.41, 5.74) is 7.38. The number of hydrogen-bond donors (Lipinski definition) is 1. The van der Waals surface area contributed by atoms with Gasteiger partial charge in [0, 0.05) is 37.2 Å². The highest BCUT2D eigenvalue weighted by molar-refractivity contribution is 6.02. The summed E-state index contributed by atoms with van der Waals surface area (Å²) in [6.07, 6.45) is 0. The number of non-ortho nitro benzene ring substituents is 1. The standard InChI is InChI=1S/C20H20N4O5/c21-16-10-22(9-15(16)13-4-2-1-3-5-13)19(25)11-23-17-8-14(24(27)28)6-7-18(17)29-12-20(23)26/h1-8,15-16H,9-12,21H2/t15-,16+/m0/s1. The molecule has 2 aromatic carbocycles. The lowest BCUT2D eigenvalue weighted by atomic mass is 9.95. The van der Waals surface area contributed by atoms with Crippen LogP contribution in [0.5, 0.6) is 5.75 Å². The Morgan fingerprint density at radius 3 is 2.69 bits per heavy atom. The predicted octanol–water partition coefficient (Wildman–Crippen LogP) is 1.27. The number of carbonyl (C=O) groups is 2. The van der Waals surface area contributed by atoms with E-state index in [2.05, 4.69) is 0 Å². The fourth-order valence-electron chi connectivity index (χ4n) is 3.80. The number of amides is 2. The smallest absolute Gasteiger partial charge is 0.271 e. The van der Waals surface area contributed by atoms with E-state index in [1.807, 2.05) is 30.3 Å². The molecule has 2 atom stereocenters. The average molecular weight is 396 g/mol. The number of hydrogen-bond acceptors (Lipinski definition) is 6. The zero-order valence-corrected chi connectivity index (χ0v) is 15.6. The Morgan fingerprint density at radius 1 is 1.21 bits per heavy atom. The summed E-state index contributed by atoms with van der Waals surface area (Å²) in [5.74, 6) is -0.321. The maximum atomic E-state index is 12.9. The van der Waals surface area contributed by atoms with Crippen LogP contribution < -0.4 is 15.4 Å². The maximum absolute atomic E-state index is 12.9. The third-order valence-corrected chi connectivity index (χ3v) is 5.34. The van der Waals surface area contributed by atoms with Crippen molar-refractivity contribution in [2.75, 3.05) is 31.1 Å². The van der Waals surface area contributed by atoms with Crippen molar-refractivity contribution in [3.8, 4) is 5.75 Å². The van der Waals surface area contributed by atoms with Gasteiger partial charge < -0.3 is 15.4 Å². The summed E-state index contributed by atoms with van der Waals surface area (Å²) in [5, 5.41) is 11.1. The van der Waals surface area contributed by atoms with Gasteiger partial charge in [-0.25, -0.2) is 0 Å². The van der Waals surface area contributed by atoms with Crippen LogP contribution in [0.1, 0.15) is 11.5 Å². The Bertz CT molecular complexity index is 965. The van der Waals surface area contributed by atoms with Crippen molar-refractivity contribution in [1.82, 2.24) is 4.90 Å². The molecule has 2 N–H and O–H groups in total. The van der Waals surface area contributed by atoms with E-state index in [-0.39, 0.29) is 42.4 Å². The second kappa shape index (κ2) is 7.51. The molecule has 2 heterocycles. The summed E-state index contributed by atoms with van der Waals surface area (Å²) < 4.78 is 5.34. The van der Waals surface area contributed by atoms with Gasteiger partial charge in [0.15, 0.2) is 6.61 Å². The first-order chi connectivity index (χ1) is 13.9. The molecular weight excluding hydrogens is 376 g/mol. The van der Waals surface area contributed by atoms with Gasteiger partial charge in [0.05, 0.1) is 10.6 Å². The molecule has 0 radical (unpaired) electrons. The van der Waals surface area contributed by atoms with Gasteiger partial charge in [-0.3, -0.25) is 24.6 Å². The summed E-state index contributed by atoms with van der Waals surface area (Å²) >= 11 is 0. The molecule has 9 heteroatoms. The predicted molar refractivity (Wildman–Crippen MR) is 105 cm³/mol. The molecule has 0 aliphatic carbocycles. The lowest BCUT2D eigenvalue weighted by Gasteiger charge is -2.30. The Labute approximate surface area is 166 Å². The third-order valence-electron chi connectivity index (χ3n) is 5.34. The van der Waals surface area contributed by atoms with Crippen LogP contribution in [0.15, 0.2) is 48.5 Å². The topological polar surface area (TPSA) is 119 Å². The van der Waals surface area contributed by atoms with E-state index in [9.17, 15) is 19.7 Å². The van der Waals surface area contributed by atoms with Gasteiger partial charge in [-0.05, 0) is 11.6 Å². The molecule has 0 aromatic heterocycles. The van der Waals surface area contributed by atoms with Crippen molar-refractivity contribution in [2.24, 2.45) is 5.73 Å². The van der Waals surface area contributed by atoms with Gasteiger partial charge in [0.2, 0.25) is 5.91 Å². The molecule has 0 bridgehead atoms. The van der Waals surface area contributed by atoms with Crippen LogP contribution in [-0.4, -0.2) is 53.9 Å². The van der Waals surface area contributed by atoms with E-state index in [4.69, 9.17) is 10.5 Å². The molecule has 29 heavy (non-hydrogen) atoms. The van der Waals surface area contributed by atoms with Crippen LogP contribution in [0.3, 0.4) is 0 Å². The van der Waals surface area contributed by atoms with E-state index in [1.54, 1.807) is 4.90 Å². The van der Waals surface area contributed by atoms with E-state index in [1.165, 1.54) is 23.1 Å². The monoisotopic (exact) mass is 396 g/mol. The van der Waals surface area contributed by atoms with Crippen LogP contribution in [0, 0.1) is 10.1 Å². The van der Waals surface area contributed by atoms with E-state index < -0.39 is 10.8 Å². The van der Waals surface area contributed by atoms with Crippen molar-refractivity contribution < 1.29 is 19.2 Å². The number of anilines is 1. The SMILES string of the molecule is N[C@@H]1CN(C(=O)CN2C(=O)COc3ccc([N+](=O)[O-])cc32)C[C@H]1c1ccccc1. The molecule has 0 unspecified atom stereocenters. The molecule has 4 rings (SSSR count). The lowest BCUT2D eigenvalue weighted by Crippen LogP contribution is -2.46. The highest BCUT2D eigenvalue weighted by atomic mass is 16.6. The highest BCUT2D eigenvalue weighted by Crippen LogP contribution is 2.35. The number of carbonyl (C=O) groups excluding carboxylic acids is 2. The number of benzene rings is 2. The summed E-state index contributed by atoms with van der Waals surface area (Å²) in [6, 6.07) is 13.6. The van der Waals surface area contributed by atoms with Crippen LogP contribution in [0.2, 0.25) is 0 Å². The zero-order valence-electron chi connectivity index (χ0n) is 15.6. The largest absolute Gasteiger partial charge is 0.482 e. The molecule has 2 amide bonds. The molecule has 2 aliphatic rings. The Balaban J connectivity index is 1.52. The van der Waals surface area contributed by atoms with Crippen molar-refractivity contribution in [3.63, 3.8) is 0 Å². The number of nitrogens with zero attached hydrogens (tertiary/aromatic N) is 3. The first-order valence-corrected chi connectivity index (χ1v) is 9.24. The van der Waals surface area contributed by atoms with Gasteiger partial charge in [-0.1, -0.05) is 30.3 Å². The van der Waals surface area contributed by atoms with Crippen LogP contribution in [0.4, 0.5) is 11.4 Å². The number of nitro groups is 1. The van der Waals surface area contributed by atoms with Crippen LogP contribution in [0.25, 0.3) is 0 Å². The Hall–Kier alpha value is -3.46. The number of likely N-dealkylation sites (tertiary alicyclic amines) is 1. The maximum Gasteiger partial charge on any atom is 0.271 e. The first kappa shape index (κ1) is 18.9. The normalized spacial score (nSPS) is 20.9. The van der Waals surface area contributed by atoms with Gasteiger partial charge in [0.1, 0.15) is 12.3 Å². The third kappa shape index (κ3) is 3.64. The lowest BCUT2D eigenvalue weighted by molar-refractivity contribution is -0.384. The summed E-state index contributed by atoms with van der Waals surface area (Å²) in [7, 11) is 0. The fraction of sp³-hybridized carbons (Fsp3) is 0.300. The molecule has 9 nitrogen and oxygen atoms in total. The molecule has 1 saturated heterocycles. The molecule has 2 aromatic rings. The molecule has 1 fully saturated rings. The van der Waals surface area contributed by atoms with E-state index in [0.717, 1.165) is 5.56 Å². The van der Waals surface area contributed by atoms with Gasteiger partial charge in [-0.2, -0.15) is 0 Å². The summed E-state index contributed by atoms with van der Waals surface area (Å²) in [6.45, 7) is 0.415. The minimum absolute atomic E-state index is 0.0221. The number of fused-ring (bicyclic) bond motifs is 1. The van der Waals surface area contributed by atoms with Crippen molar-refractivity contribution in [3.05, 3.63) is 64.2 Å². The van der Waals surface area contributed by atoms with Gasteiger partial charge >= 0.3 is 0 Å². The quantitative estimate of drug-likeness (QED) is 0.614. The van der Waals surface area contributed by atoms with Crippen molar-refractivity contribution in [2.45, 2.75) is 12.0 Å². The van der Waals surface area contributed by atoms with Crippen LogP contribution in [-0.2, 0) is 9.59 Å². The summed E-state index contributed by atoms with van der Waals surface area (Å²) in [4.78, 5) is 38.7. The number of nitro benzene ring substituents is 1. The minimum Gasteiger partial charge on any atom is -0.482 e. The van der Waals surface area contributed by atoms with Crippen molar-refractivity contribution >= 4 is 23.2 Å². The molecule has 2 aliphatic heterocycles. The fourth-order valence-corrected chi connectivity index (χ4v) is 3.80. The van der Waals surface area contributed by atoms with Gasteiger partial charge in [0.25, 0.3) is 11.6 Å². The number of ether oxygens (including phenoxy) is 1. The number of rotatable bonds is 4. The highest BCUT2D eigenvalue weighted by Gasteiger charge is 2.36. The molecular formula is C20H20N4O5. The second-order valence-corrected chi connectivity index (χ2v) is 7.16. The molecule has 0 spiro atoms. The molecule has 0 saturated carbocycles. The molecule has 150 valence electrons. The Kier molecular flexibility index (Phi) is 4.89. The average Bonchev–Trinajstić information content (AvgIpc) is 3.12. The van der Waals surface area contributed by atoms with Crippen molar-refractivity contribution in [1.29, 1.82) is 0 Å². The van der Waals surface area contributed by atoms with Gasteiger partial charge in [-0.15, -0.1) is 0 Å². The van der Waals surface area contributed by atoms with E-state index >= 15 is 0 Å².